The third-order valence-electron chi connectivity index (χ3n) is 3.60. The Labute approximate surface area is 130 Å². The lowest BCUT2D eigenvalue weighted by Crippen LogP contribution is -2.38. The van der Waals surface area contributed by atoms with Crippen LogP contribution in [-0.4, -0.2) is 41.9 Å². The quantitative estimate of drug-likeness (QED) is 0.827. The number of benzene rings is 1. The Kier molecular flexibility index (Phi) is 5.53. The summed E-state index contributed by atoms with van der Waals surface area (Å²) < 4.78 is 0. The predicted octanol–water partition coefficient (Wildman–Crippen LogP) is 2.84. The molecular formula is C17H23NO2S. The summed E-state index contributed by atoms with van der Waals surface area (Å²) in [7, 11) is 2.02. The topological polar surface area (TPSA) is 43.7 Å². The first-order valence-corrected chi connectivity index (χ1v) is 7.97. The van der Waals surface area contributed by atoms with E-state index in [1.165, 1.54) is 16.0 Å². The molecule has 0 bridgehead atoms. The van der Waals surface area contributed by atoms with Gasteiger partial charge in [-0.2, -0.15) is 0 Å². The molecule has 0 aliphatic carbocycles. The minimum atomic E-state index is -0.450. The average Bonchev–Trinajstić information content (AvgIpc) is 2.96. The SMILES string of the molecule is CN(Cc1cc(-c2ccccc2)cs1)CC(C)(CO)CO. The molecule has 0 saturated heterocycles. The van der Waals surface area contributed by atoms with Crippen LogP contribution in [0.15, 0.2) is 41.8 Å². The molecule has 0 saturated carbocycles. The molecule has 1 aromatic heterocycles. The first-order valence-electron chi connectivity index (χ1n) is 7.09. The van der Waals surface area contributed by atoms with E-state index in [-0.39, 0.29) is 13.2 Å². The van der Waals surface area contributed by atoms with Crippen LogP contribution < -0.4 is 0 Å². The van der Waals surface area contributed by atoms with E-state index < -0.39 is 5.41 Å². The number of nitrogens with zero attached hydrogens (tertiary/aromatic N) is 1. The van der Waals surface area contributed by atoms with Crippen LogP contribution in [0.5, 0.6) is 0 Å². The van der Waals surface area contributed by atoms with Gasteiger partial charge in [0.15, 0.2) is 0 Å². The highest BCUT2D eigenvalue weighted by molar-refractivity contribution is 7.10. The number of hydrogen-bond donors (Lipinski definition) is 2. The second-order valence-corrected chi connectivity index (χ2v) is 6.96. The zero-order chi connectivity index (χ0) is 15.3. The molecule has 3 nitrogen and oxygen atoms in total. The van der Waals surface area contributed by atoms with Crippen molar-refractivity contribution in [2.45, 2.75) is 13.5 Å². The summed E-state index contributed by atoms with van der Waals surface area (Å²) in [4.78, 5) is 3.43. The van der Waals surface area contributed by atoms with Gasteiger partial charge in [-0.25, -0.2) is 0 Å². The van der Waals surface area contributed by atoms with Crippen molar-refractivity contribution < 1.29 is 10.2 Å². The summed E-state index contributed by atoms with van der Waals surface area (Å²) in [5.74, 6) is 0. The van der Waals surface area contributed by atoms with Gasteiger partial charge < -0.3 is 15.1 Å². The predicted molar refractivity (Wildman–Crippen MR) is 88.4 cm³/mol. The third-order valence-corrected chi connectivity index (χ3v) is 4.52. The van der Waals surface area contributed by atoms with E-state index in [0.29, 0.717) is 6.54 Å². The average molecular weight is 305 g/mol. The van der Waals surface area contributed by atoms with E-state index in [4.69, 9.17) is 0 Å². The smallest absolute Gasteiger partial charge is 0.0519 e. The molecule has 1 heterocycles. The fourth-order valence-corrected chi connectivity index (χ4v) is 3.34. The summed E-state index contributed by atoms with van der Waals surface area (Å²) >= 11 is 1.75. The molecule has 0 fully saturated rings. The largest absolute Gasteiger partial charge is 0.396 e. The molecule has 0 aliphatic heterocycles. The van der Waals surface area contributed by atoms with Crippen molar-refractivity contribution in [3.8, 4) is 11.1 Å². The first kappa shape index (κ1) is 16.2. The second kappa shape index (κ2) is 7.18. The Hall–Kier alpha value is -1.20. The number of hydrogen-bond acceptors (Lipinski definition) is 4. The maximum atomic E-state index is 9.37. The zero-order valence-electron chi connectivity index (χ0n) is 12.6. The fraction of sp³-hybridized carbons (Fsp3) is 0.412. The van der Waals surface area contributed by atoms with E-state index >= 15 is 0 Å². The van der Waals surface area contributed by atoms with Crippen LogP contribution >= 0.6 is 11.3 Å². The Bertz CT molecular complexity index is 549. The van der Waals surface area contributed by atoms with Crippen molar-refractivity contribution in [3.63, 3.8) is 0 Å². The van der Waals surface area contributed by atoms with Crippen LogP contribution in [0.1, 0.15) is 11.8 Å². The van der Waals surface area contributed by atoms with Crippen LogP contribution in [0.2, 0.25) is 0 Å². The zero-order valence-corrected chi connectivity index (χ0v) is 13.4. The summed E-state index contributed by atoms with van der Waals surface area (Å²) in [6, 6.07) is 12.6. The summed E-state index contributed by atoms with van der Waals surface area (Å²) in [6.45, 7) is 3.38. The molecule has 0 spiro atoms. The number of rotatable bonds is 7. The van der Waals surface area contributed by atoms with Crippen LogP contribution in [0.3, 0.4) is 0 Å². The third kappa shape index (κ3) is 4.38. The van der Waals surface area contributed by atoms with Crippen molar-refractivity contribution in [2.24, 2.45) is 5.41 Å². The Balaban J connectivity index is 1.99. The van der Waals surface area contributed by atoms with E-state index in [1.807, 2.05) is 32.2 Å². The number of thiophene rings is 1. The van der Waals surface area contributed by atoms with Crippen molar-refractivity contribution in [1.82, 2.24) is 4.90 Å². The van der Waals surface area contributed by atoms with Gasteiger partial charge in [0.1, 0.15) is 0 Å². The maximum absolute atomic E-state index is 9.37. The normalized spacial score (nSPS) is 12.0. The fourth-order valence-electron chi connectivity index (χ4n) is 2.37. The minimum Gasteiger partial charge on any atom is -0.396 e. The lowest BCUT2D eigenvalue weighted by Gasteiger charge is -2.30. The molecule has 4 heteroatoms. The lowest BCUT2D eigenvalue weighted by molar-refractivity contribution is 0.0404. The Morgan fingerprint density at radius 3 is 2.38 bits per heavy atom. The highest BCUT2D eigenvalue weighted by Crippen LogP contribution is 2.26. The molecule has 21 heavy (non-hydrogen) atoms. The van der Waals surface area contributed by atoms with Crippen LogP contribution in [0, 0.1) is 5.41 Å². The Morgan fingerprint density at radius 2 is 1.76 bits per heavy atom. The van der Waals surface area contributed by atoms with E-state index in [0.717, 1.165) is 6.54 Å². The molecule has 0 aliphatic rings. The van der Waals surface area contributed by atoms with Crippen molar-refractivity contribution in [1.29, 1.82) is 0 Å². The van der Waals surface area contributed by atoms with Gasteiger partial charge in [-0.05, 0) is 29.6 Å². The highest BCUT2D eigenvalue weighted by atomic mass is 32.1. The highest BCUT2D eigenvalue weighted by Gasteiger charge is 2.24. The standard InChI is InChI=1S/C17H23NO2S/c1-17(12-19,13-20)11-18(2)9-16-8-15(10-21-16)14-6-4-3-5-7-14/h3-8,10,19-20H,9,11-13H2,1-2H3. The molecule has 2 rings (SSSR count). The van der Waals surface area contributed by atoms with Gasteiger partial charge in [0.25, 0.3) is 0 Å². The van der Waals surface area contributed by atoms with Crippen LogP contribution in [-0.2, 0) is 6.54 Å². The van der Waals surface area contributed by atoms with Gasteiger partial charge in [0.2, 0.25) is 0 Å². The van der Waals surface area contributed by atoms with Gasteiger partial charge in [0.05, 0.1) is 13.2 Å². The molecular weight excluding hydrogens is 282 g/mol. The molecule has 0 amide bonds. The molecule has 1 aromatic carbocycles. The summed E-state index contributed by atoms with van der Waals surface area (Å²) in [5, 5.41) is 20.9. The minimum absolute atomic E-state index is 0.00640. The van der Waals surface area contributed by atoms with Crippen molar-refractivity contribution in [2.75, 3.05) is 26.8 Å². The lowest BCUT2D eigenvalue weighted by atomic mass is 9.92. The molecule has 0 unspecified atom stereocenters. The van der Waals surface area contributed by atoms with Crippen LogP contribution in [0.4, 0.5) is 0 Å². The summed E-state index contributed by atoms with van der Waals surface area (Å²) in [6.07, 6.45) is 0. The van der Waals surface area contributed by atoms with E-state index in [9.17, 15) is 10.2 Å². The van der Waals surface area contributed by atoms with Crippen molar-refractivity contribution in [3.05, 3.63) is 46.7 Å². The second-order valence-electron chi connectivity index (χ2n) is 5.97. The van der Waals surface area contributed by atoms with Gasteiger partial charge in [-0.15, -0.1) is 11.3 Å². The van der Waals surface area contributed by atoms with E-state index in [1.54, 1.807) is 11.3 Å². The monoisotopic (exact) mass is 305 g/mol. The maximum Gasteiger partial charge on any atom is 0.0519 e. The summed E-state index contributed by atoms with van der Waals surface area (Å²) in [5.41, 5.74) is 2.03. The number of aliphatic hydroxyl groups excluding tert-OH is 2. The van der Waals surface area contributed by atoms with Crippen molar-refractivity contribution >= 4 is 11.3 Å². The molecule has 2 aromatic rings. The van der Waals surface area contributed by atoms with Crippen LogP contribution in [0.25, 0.3) is 11.1 Å². The van der Waals surface area contributed by atoms with Gasteiger partial charge in [-0.3, -0.25) is 0 Å². The molecule has 114 valence electrons. The molecule has 2 N–H and O–H groups in total. The number of aliphatic hydroxyl groups is 2. The Morgan fingerprint density at radius 1 is 1.10 bits per heavy atom. The first-order chi connectivity index (χ1) is 10.1. The molecule has 0 atom stereocenters. The van der Waals surface area contributed by atoms with Gasteiger partial charge in [-0.1, -0.05) is 37.3 Å². The van der Waals surface area contributed by atoms with E-state index in [2.05, 4.69) is 28.5 Å². The van der Waals surface area contributed by atoms with Gasteiger partial charge >= 0.3 is 0 Å². The molecule has 0 radical (unpaired) electrons. The van der Waals surface area contributed by atoms with Gasteiger partial charge in [0, 0.05) is 23.4 Å².